The Labute approximate surface area is 95.0 Å². The van der Waals surface area contributed by atoms with Crippen LogP contribution < -0.4 is 0 Å². The van der Waals surface area contributed by atoms with E-state index >= 15 is 0 Å². The minimum atomic E-state index is 0.891. The van der Waals surface area contributed by atoms with Crippen LogP contribution in [0.4, 0.5) is 0 Å². The third-order valence-corrected chi connectivity index (χ3v) is 2.16. The van der Waals surface area contributed by atoms with Crippen LogP contribution in [-0.4, -0.2) is 9.97 Å². The maximum atomic E-state index is 4.22. The van der Waals surface area contributed by atoms with Crippen molar-refractivity contribution in [3.05, 3.63) is 72.8 Å². The van der Waals surface area contributed by atoms with Crippen LogP contribution in [0.25, 0.3) is 11.6 Å². The Hall–Kier alpha value is -2.22. The van der Waals surface area contributed by atoms with Gasteiger partial charge in [-0.2, -0.15) is 0 Å². The van der Waals surface area contributed by atoms with E-state index in [-0.39, 0.29) is 0 Å². The first kappa shape index (κ1) is 10.3. The topological polar surface area (TPSA) is 25.8 Å². The number of allylic oxidation sites excluding steroid dienone is 2. The van der Waals surface area contributed by atoms with Crippen molar-refractivity contribution < 1.29 is 0 Å². The Morgan fingerprint density at radius 2 is 2.06 bits per heavy atom. The number of aromatic nitrogens is 2. The molecule has 78 valence electrons. The van der Waals surface area contributed by atoms with Crippen molar-refractivity contribution in [1.29, 1.82) is 0 Å². The second-order valence-corrected chi connectivity index (χ2v) is 3.36. The summed E-state index contributed by atoms with van der Waals surface area (Å²) < 4.78 is 0. The largest absolute Gasteiger partial charge is 0.264 e. The quantitative estimate of drug-likeness (QED) is 0.724. The van der Waals surface area contributed by atoms with Crippen LogP contribution in [0.5, 0.6) is 0 Å². The molecule has 2 heterocycles. The molecule has 2 aromatic heterocycles. The SMILES string of the molecule is C=C(C=Cc1cccnc1)c1ccccn1. The predicted molar refractivity (Wildman–Crippen MR) is 66.5 cm³/mol. The van der Waals surface area contributed by atoms with Gasteiger partial charge in [0, 0.05) is 18.6 Å². The molecule has 0 aliphatic carbocycles. The van der Waals surface area contributed by atoms with Gasteiger partial charge in [0.15, 0.2) is 0 Å². The van der Waals surface area contributed by atoms with E-state index in [4.69, 9.17) is 0 Å². The smallest absolute Gasteiger partial charge is 0.0695 e. The van der Waals surface area contributed by atoms with Gasteiger partial charge < -0.3 is 0 Å². The first-order chi connectivity index (χ1) is 7.86. The van der Waals surface area contributed by atoms with Gasteiger partial charge in [0.1, 0.15) is 0 Å². The summed E-state index contributed by atoms with van der Waals surface area (Å²) >= 11 is 0. The van der Waals surface area contributed by atoms with Crippen LogP contribution in [0.3, 0.4) is 0 Å². The summed E-state index contributed by atoms with van der Waals surface area (Å²) in [6, 6.07) is 9.68. The molecule has 0 aliphatic heterocycles. The van der Waals surface area contributed by atoms with Crippen molar-refractivity contribution in [2.24, 2.45) is 0 Å². The molecule has 0 bridgehead atoms. The van der Waals surface area contributed by atoms with Crippen LogP contribution in [0.1, 0.15) is 11.3 Å². The maximum Gasteiger partial charge on any atom is 0.0695 e. The molecule has 0 unspecified atom stereocenters. The second-order valence-electron chi connectivity index (χ2n) is 3.36. The third-order valence-electron chi connectivity index (χ3n) is 2.16. The second kappa shape index (κ2) is 5.03. The number of rotatable bonds is 3. The van der Waals surface area contributed by atoms with Gasteiger partial charge in [-0.3, -0.25) is 9.97 Å². The van der Waals surface area contributed by atoms with Gasteiger partial charge in [-0.25, -0.2) is 0 Å². The number of hydrogen-bond acceptors (Lipinski definition) is 2. The van der Waals surface area contributed by atoms with Crippen molar-refractivity contribution in [3.8, 4) is 0 Å². The zero-order valence-corrected chi connectivity index (χ0v) is 8.88. The van der Waals surface area contributed by atoms with E-state index in [0.29, 0.717) is 0 Å². The third kappa shape index (κ3) is 2.64. The van der Waals surface area contributed by atoms with E-state index in [2.05, 4.69) is 16.5 Å². The summed E-state index contributed by atoms with van der Waals surface area (Å²) in [5, 5.41) is 0. The van der Waals surface area contributed by atoms with E-state index in [1.807, 2.05) is 48.7 Å². The summed E-state index contributed by atoms with van der Waals surface area (Å²) in [6.45, 7) is 3.97. The molecule has 0 saturated carbocycles. The lowest BCUT2D eigenvalue weighted by molar-refractivity contribution is 1.28. The van der Waals surface area contributed by atoms with E-state index < -0.39 is 0 Å². The van der Waals surface area contributed by atoms with Crippen molar-refractivity contribution in [2.75, 3.05) is 0 Å². The summed E-state index contributed by atoms with van der Waals surface area (Å²) in [5.74, 6) is 0. The minimum Gasteiger partial charge on any atom is -0.264 e. The molecule has 0 amide bonds. The molecule has 0 saturated heterocycles. The highest BCUT2D eigenvalue weighted by Crippen LogP contribution is 2.11. The molecule has 2 aromatic rings. The molecule has 2 nitrogen and oxygen atoms in total. The van der Waals surface area contributed by atoms with Crippen LogP contribution in [-0.2, 0) is 0 Å². The van der Waals surface area contributed by atoms with Crippen molar-refractivity contribution in [2.45, 2.75) is 0 Å². The first-order valence-corrected chi connectivity index (χ1v) is 5.05. The Kier molecular flexibility index (Phi) is 3.24. The zero-order valence-electron chi connectivity index (χ0n) is 8.88. The fourth-order valence-electron chi connectivity index (χ4n) is 1.31. The van der Waals surface area contributed by atoms with E-state index in [9.17, 15) is 0 Å². The lowest BCUT2D eigenvalue weighted by Crippen LogP contribution is -1.83. The normalized spacial score (nSPS) is 10.5. The fourth-order valence-corrected chi connectivity index (χ4v) is 1.31. The highest BCUT2D eigenvalue weighted by molar-refractivity contribution is 5.75. The monoisotopic (exact) mass is 208 g/mol. The summed E-state index contributed by atoms with van der Waals surface area (Å²) in [4.78, 5) is 8.26. The number of hydrogen-bond donors (Lipinski definition) is 0. The molecule has 0 fully saturated rings. The maximum absolute atomic E-state index is 4.22. The van der Waals surface area contributed by atoms with Gasteiger partial charge in [-0.05, 0) is 29.3 Å². The Morgan fingerprint density at radius 1 is 1.12 bits per heavy atom. The standard InChI is InChI=1S/C14H12N2/c1-12(14-6-2-3-10-16-14)7-8-13-5-4-9-15-11-13/h2-11H,1H2. The van der Waals surface area contributed by atoms with Crippen molar-refractivity contribution in [3.63, 3.8) is 0 Å². The van der Waals surface area contributed by atoms with Crippen molar-refractivity contribution in [1.82, 2.24) is 9.97 Å². The molecule has 0 aliphatic rings. The van der Waals surface area contributed by atoms with Crippen LogP contribution in [0, 0.1) is 0 Å². The molecule has 0 aromatic carbocycles. The van der Waals surface area contributed by atoms with Crippen molar-refractivity contribution >= 4 is 11.6 Å². The molecule has 16 heavy (non-hydrogen) atoms. The van der Waals surface area contributed by atoms with Gasteiger partial charge in [0.05, 0.1) is 5.69 Å². The Balaban J connectivity index is 2.12. The first-order valence-electron chi connectivity index (χ1n) is 5.05. The fraction of sp³-hybridized carbons (Fsp3) is 0. The molecule has 2 rings (SSSR count). The van der Waals surface area contributed by atoms with Gasteiger partial charge >= 0.3 is 0 Å². The molecule has 0 spiro atoms. The average molecular weight is 208 g/mol. The summed E-state index contributed by atoms with van der Waals surface area (Å²) in [6.07, 6.45) is 9.24. The summed E-state index contributed by atoms with van der Waals surface area (Å²) in [7, 11) is 0. The molecular formula is C14H12N2. The molecular weight excluding hydrogens is 196 g/mol. The summed E-state index contributed by atoms with van der Waals surface area (Å²) in [5.41, 5.74) is 2.84. The average Bonchev–Trinajstić information content (AvgIpc) is 2.38. The molecule has 0 N–H and O–H groups in total. The predicted octanol–water partition coefficient (Wildman–Crippen LogP) is 3.20. The number of pyridine rings is 2. The van der Waals surface area contributed by atoms with Gasteiger partial charge in [-0.1, -0.05) is 30.9 Å². The van der Waals surface area contributed by atoms with Gasteiger partial charge in [0.2, 0.25) is 0 Å². The lowest BCUT2D eigenvalue weighted by atomic mass is 10.1. The van der Waals surface area contributed by atoms with Crippen LogP contribution in [0.15, 0.2) is 61.6 Å². The van der Waals surface area contributed by atoms with Gasteiger partial charge in [0.25, 0.3) is 0 Å². The van der Waals surface area contributed by atoms with E-state index in [1.165, 1.54) is 0 Å². The van der Waals surface area contributed by atoms with Crippen LogP contribution >= 0.6 is 0 Å². The highest BCUT2D eigenvalue weighted by Gasteiger charge is 1.94. The lowest BCUT2D eigenvalue weighted by Gasteiger charge is -1.97. The molecule has 0 radical (unpaired) electrons. The number of nitrogens with zero attached hydrogens (tertiary/aromatic N) is 2. The van der Waals surface area contributed by atoms with E-state index in [0.717, 1.165) is 16.8 Å². The zero-order chi connectivity index (χ0) is 11.2. The Morgan fingerprint density at radius 3 is 2.75 bits per heavy atom. The highest BCUT2D eigenvalue weighted by atomic mass is 14.7. The molecule has 2 heteroatoms. The van der Waals surface area contributed by atoms with Gasteiger partial charge in [-0.15, -0.1) is 0 Å². The minimum absolute atomic E-state index is 0.891. The van der Waals surface area contributed by atoms with E-state index in [1.54, 1.807) is 12.4 Å². The molecule has 0 atom stereocenters. The Bertz CT molecular complexity index is 487. The van der Waals surface area contributed by atoms with Crippen LogP contribution in [0.2, 0.25) is 0 Å².